The van der Waals surface area contributed by atoms with Gasteiger partial charge in [-0.25, -0.2) is 0 Å². The van der Waals surface area contributed by atoms with Gasteiger partial charge in [0, 0.05) is 0 Å². The molecule has 0 saturated carbocycles. The van der Waals surface area contributed by atoms with Crippen molar-refractivity contribution in [3.8, 4) is 0 Å². The normalized spacial score (nSPS) is 7.21. The lowest BCUT2D eigenvalue weighted by atomic mass is 10.0. The van der Waals surface area contributed by atoms with Gasteiger partial charge in [0.1, 0.15) is 0 Å². The van der Waals surface area contributed by atoms with Crippen LogP contribution in [0.1, 0.15) is 62.5 Å². The van der Waals surface area contributed by atoms with Crippen molar-refractivity contribution in [2.45, 2.75) is 63.3 Å². The predicted octanol–water partition coefficient (Wildman–Crippen LogP) is 7.36. The SMILES string of the molecule is C.C.C.CC.CC.CCc1cccc2ccccc12. The molecule has 0 aliphatic carbocycles. The lowest BCUT2D eigenvalue weighted by Crippen LogP contribution is -1.81. The Kier molecular flexibility index (Phi) is 23.1. The molecule has 112 valence electrons. The second kappa shape index (κ2) is 16.7. The molecule has 0 N–H and O–H groups in total. The zero-order valence-corrected chi connectivity index (χ0v) is 11.2. The minimum atomic E-state index is 0. The lowest BCUT2D eigenvalue weighted by molar-refractivity contribution is 1.16. The van der Waals surface area contributed by atoms with Gasteiger partial charge in [0.15, 0.2) is 0 Å². The molecule has 0 heterocycles. The second-order valence-electron chi connectivity index (χ2n) is 2.99. The minimum absolute atomic E-state index is 0. The Balaban J connectivity index is -0.000000148. The average molecular weight is 264 g/mol. The quantitative estimate of drug-likeness (QED) is 0.504. The Morgan fingerprint density at radius 2 is 1.16 bits per heavy atom. The summed E-state index contributed by atoms with van der Waals surface area (Å²) in [4.78, 5) is 0. The van der Waals surface area contributed by atoms with Gasteiger partial charge in [-0.15, -0.1) is 0 Å². The summed E-state index contributed by atoms with van der Waals surface area (Å²) in [6.45, 7) is 10.2. The zero-order chi connectivity index (χ0) is 12.4. The van der Waals surface area contributed by atoms with Gasteiger partial charge in [-0.05, 0) is 22.8 Å². The Morgan fingerprint density at radius 3 is 1.68 bits per heavy atom. The summed E-state index contributed by atoms with van der Waals surface area (Å²) < 4.78 is 0. The monoisotopic (exact) mass is 264 g/mol. The number of hydrogen-bond acceptors (Lipinski definition) is 0. The third-order valence-corrected chi connectivity index (χ3v) is 2.26. The molecule has 0 saturated heterocycles. The summed E-state index contributed by atoms with van der Waals surface area (Å²) >= 11 is 0. The first-order valence-corrected chi connectivity index (χ1v) is 6.38. The molecule has 0 fully saturated rings. The van der Waals surface area contributed by atoms with E-state index in [0.717, 1.165) is 6.42 Å². The summed E-state index contributed by atoms with van der Waals surface area (Å²) in [5.74, 6) is 0. The molecule has 0 aliphatic rings. The zero-order valence-electron chi connectivity index (χ0n) is 11.2. The van der Waals surface area contributed by atoms with Crippen molar-refractivity contribution >= 4 is 10.8 Å². The van der Waals surface area contributed by atoms with E-state index < -0.39 is 0 Å². The fraction of sp³-hybridized carbons (Fsp3) is 0.474. The van der Waals surface area contributed by atoms with E-state index >= 15 is 0 Å². The number of aryl methyl sites for hydroxylation is 1. The molecule has 0 amide bonds. The molecule has 0 bridgehead atoms. The van der Waals surface area contributed by atoms with Gasteiger partial charge < -0.3 is 0 Å². The van der Waals surface area contributed by atoms with Crippen LogP contribution >= 0.6 is 0 Å². The first-order valence-electron chi connectivity index (χ1n) is 6.38. The van der Waals surface area contributed by atoms with Gasteiger partial charge >= 0.3 is 0 Å². The lowest BCUT2D eigenvalue weighted by Gasteiger charge is -2.02. The minimum Gasteiger partial charge on any atom is -0.0776 e. The molecule has 19 heavy (non-hydrogen) atoms. The highest BCUT2D eigenvalue weighted by atomic mass is 14.0. The molecule has 2 aromatic rings. The third-order valence-electron chi connectivity index (χ3n) is 2.26. The van der Waals surface area contributed by atoms with Crippen LogP contribution in [0, 0.1) is 0 Å². The highest BCUT2D eigenvalue weighted by Crippen LogP contribution is 2.18. The van der Waals surface area contributed by atoms with Crippen molar-refractivity contribution in [1.29, 1.82) is 0 Å². The van der Waals surface area contributed by atoms with Crippen molar-refractivity contribution < 1.29 is 0 Å². The Labute approximate surface area is 122 Å². The molecule has 0 atom stereocenters. The largest absolute Gasteiger partial charge is 0.0776 e. The van der Waals surface area contributed by atoms with Crippen LogP contribution in [0.15, 0.2) is 42.5 Å². The van der Waals surface area contributed by atoms with Gasteiger partial charge in [0.05, 0.1) is 0 Å². The van der Waals surface area contributed by atoms with Crippen molar-refractivity contribution in [3.05, 3.63) is 48.0 Å². The summed E-state index contributed by atoms with van der Waals surface area (Å²) in [5, 5.41) is 2.74. The van der Waals surface area contributed by atoms with E-state index in [-0.39, 0.29) is 22.3 Å². The van der Waals surface area contributed by atoms with E-state index in [1.165, 1.54) is 16.3 Å². The number of rotatable bonds is 1. The number of fused-ring (bicyclic) bond motifs is 1. The van der Waals surface area contributed by atoms with Crippen LogP contribution in [0.2, 0.25) is 0 Å². The van der Waals surface area contributed by atoms with E-state index in [1.54, 1.807) is 0 Å². The summed E-state index contributed by atoms with van der Waals surface area (Å²) in [6, 6.07) is 15.0. The highest BCUT2D eigenvalue weighted by molar-refractivity contribution is 5.85. The topological polar surface area (TPSA) is 0 Å². The van der Waals surface area contributed by atoms with E-state index in [2.05, 4.69) is 49.4 Å². The smallest absolute Gasteiger partial charge is 0.0152 e. The Hall–Kier alpha value is -1.30. The fourth-order valence-corrected chi connectivity index (χ4v) is 1.60. The Morgan fingerprint density at radius 1 is 0.684 bits per heavy atom. The van der Waals surface area contributed by atoms with E-state index in [0.29, 0.717) is 0 Å². The molecule has 2 aromatic carbocycles. The molecular formula is C19H36. The number of benzene rings is 2. The van der Waals surface area contributed by atoms with Crippen LogP contribution in [-0.2, 0) is 6.42 Å². The molecule has 0 spiro atoms. The Bertz CT molecular complexity index is 383. The first-order chi connectivity index (χ1) is 7.92. The molecule has 0 nitrogen and oxygen atoms in total. The second-order valence-corrected chi connectivity index (χ2v) is 2.99. The predicted molar refractivity (Wildman–Crippen MR) is 96.2 cm³/mol. The van der Waals surface area contributed by atoms with Crippen molar-refractivity contribution in [1.82, 2.24) is 0 Å². The standard InChI is InChI=1S/C12H12.2C2H6.3CH4/c1-2-10-7-5-8-11-6-3-4-9-12(10)11;2*1-2;;;/h3-9H,2H2,1H3;2*1-2H3;3*1H4. The van der Waals surface area contributed by atoms with Gasteiger partial charge in [-0.3, -0.25) is 0 Å². The molecule has 0 radical (unpaired) electrons. The van der Waals surface area contributed by atoms with E-state index in [4.69, 9.17) is 0 Å². The van der Waals surface area contributed by atoms with Crippen molar-refractivity contribution in [3.63, 3.8) is 0 Å². The molecule has 0 aromatic heterocycles. The third kappa shape index (κ3) is 7.66. The van der Waals surface area contributed by atoms with Crippen LogP contribution in [0.5, 0.6) is 0 Å². The molecule has 0 aliphatic heterocycles. The summed E-state index contributed by atoms with van der Waals surface area (Å²) in [6.07, 6.45) is 1.11. The van der Waals surface area contributed by atoms with Gasteiger partial charge in [0.25, 0.3) is 0 Å². The van der Waals surface area contributed by atoms with E-state index in [1.807, 2.05) is 27.7 Å². The maximum Gasteiger partial charge on any atom is -0.0152 e. The van der Waals surface area contributed by atoms with Crippen LogP contribution in [0.3, 0.4) is 0 Å². The van der Waals surface area contributed by atoms with Crippen molar-refractivity contribution in [2.24, 2.45) is 0 Å². The van der Waals surface area contributed by atoms with Crippen LogP contribution in [0.25, 0.3) is 10.8 Å². The fourth-order valence-electron chi connectivity index (χ4n) is 1.60. The summed E-state index contributed by atoms with van der Waals surface area (Å²) in [5.41, 5.74) is 1.44. The highest BCUT2D eigenvalue weighted by Gasteiger charge is 1.95. The van der Waals surface area contributed by atoms with Gasteiger partial charge in [-0.2, -0.15) is 0 Å². The molecule has 2 rings (SSSR count). The maximum absolute atomic E-state index is 2.20. The summed E-state index contributed by atoms with van der Waals surface area (Å²) in [7, 11) is 0. The van der Waals surface area contributed by atoms with Crippen LogP contribution in [-0.4, -0.2) is 0 Å². The van der Waals surface area contributed by atoms with Gasteiger partial charge in [-0.1, -0.05) is 99.4 Å². The van der Waals surface area contributed by atoms with E-state index in [9.17, 15) is 0 Å². The molecule has 0 unspecified atom stereocenters. The average Bonchev–Trinajstić information content (AvgIpc) is 2.42. The van der Waals surface area contributed by atoms with Crippen molar-refractivity contribution in [2.75, 3.05) is 0 Å². The molecular weight excluding hydrogens is 228 g/mol. The number of hydrogen-bond donors (Lipinski definition) is 0. The molecule has 0 heteroatoms. The maximum atomic E-state index is 2.20. The van der Waals surface area contributed by atoms with Gasteiger partial charge in [0.2, 0.25) is 0 Å². The van der Waals surface area contributed by atoms with Crippen LogP contribution < -0.4 is 0 Å². The van der Waals surface area contributed by atoms with Crippen LogP contribution in [0.4, 0.5) is 0 Å². The first kappa shape index (κ1) is 26.3.